The Kier molecular flexibility index (Phi) is 13.5. The summed E-state index contributed by atoms with van der Waals surface area (Å²) in [7, 11) is -2.34. The van der Waals surface area contributed by atoms with Crippen molar-refractivity contribution in [1.82, 2.24) is 5.32 Å². The van der Waals surface area contributed by atoms with Gasteiger partial charge in [-0.05, 0) is 115 Å². The van der Waals surface area contributed by atoms with Crippen LogP contribution in [0.4, 0.5) is 13.2 Å². The fourth-order valence-electron chi connectivity index (χ4n) is 5.12. The molecule has 47 heavy (non-hydrogen) atoms. The van der Waals surface area contributed by atoms with E-state index in [1.54, 1.807) is 54.7 Å². The predicted molar refractivity (Wildman–Crippen MR) is 181 cm³/mol. The summed E-state index contributed by atoms with van der Waals surface area (Å²) >= 11 is 0. The van der Waals surface area contributed by atoms with Gasteiger partial charge in [0.1, 0.15) is 5.75 Å². The maximum atomic E-state index is 14.2. The molecule has 0 aliphatic rings. The molecule has 0 amide bonds. The molecule has 0 saturated heterocycles. The van der Waals surface area contributed by atoms with Gasteiger partial charge in [0.15, 0.2) is 0 Å². The molecule has 0 saturated carbocycles. The van der Waals surface area contributed by atoms with Crippen LogP contribution >= 0.6 is 7.82 Å². The fraction of sp³-hybridized carbons (Fsp3) is 0.556. The molecule has 1 atom stereocenters. The number of ether oxygens (including phenoxy) is 2. The molecule has 0 aromatic heterocycles. The average molecular weight is 682 g/mol. The highest BCUT2D eigenvalue weighted by atomic mass is 31.2. The molecule has 0 heterocycles. The van der Waals surface area contributed by atoms with E-state index in [2.05, 4.69) is 5.32 Å². The van der Waals surface area contributed by atoms with Crippen LogP contribution in [0, 0.1) is 0 Å². The van der Waals surface area contributed by atoms with Gasteiger partial charge >= 0.3 is 14.0 Å². The molecule has 3 aromatic rings. The quantitative estimate of drug-likeness (QED) is 0.112. The lowest BCUT2D eigenvalue weighted by molar-refractivity contribution is -0.139. The smallest absolute Gasteiger partial charge is 0.475 e. The lowest BCUT2D eigenvalue weighted by Crippen LogP contribution is -2.51. The molecular formula is C36H51F3NO6P. The number of aryl methyl sites for hydroxylation is 2. The van der Waals surface area contributed by atoms with E-state index in [0.29, 0.717) is 31.4 Å². The molecule has 0 spiro atoms. The van der Waals surface area contributed by atoms with Crippen LogP contribution in [-0.2, 0) is 41.9 Å². The highest BCUT2D eigenvalue weighted by Gasteiger charge is 2.41. The minimum absolute atomic E-state index is 0.128. The lowest BCUT2D eigenvalue weighted by Gasteiger charge is -2.36. The van der Waals surface area contributed by atoms with Crippen LogP contribution in [0.5, 0.6) is 5.75 Å². The number of hydrogen-bond donors (Lipinski definition) is 1. The van der Waals surface area contributed by atoms with Gasteiger partial charge in [-0.25, -0.2) is 4.57 Å². The van der Waals surface area contributed by atoms with E-state index < -0.39 is 36.3 Å². The van der Waals surface area contributed by atoms with Gasteiger partial charge in [0.2, 0.25) is 0 Å². The van der Waals surface area contributed by atoms with Crippen LogP contribution in [0.25, 0.3) is 10.8 Å². The second kappa shape index (κ2) is 16.3. The first-order chi connectivity index (χ1) is 21.9. The maximum absolute atomic E-state index is 14.2. The van der Waals surface area contributed by atoms with E-state index in [9.17, 15) is 17.7 Å². The van der Waals surface area contributed by atoms with E-state index in [4.69, 9.17) is 23.0 Å². The molecule has 262 valence electrons. The van der Waals surface area contributed by atoms with E-state index in [1.165, 1.54) is 6.07 Å². The third kappa shape index (κ3) is 12.5. The number of alkyl halides is 3. The molecule has 0 fully saturated rings. The number of phosphoric acid groups is 1. The molecule has 11 heteroatoms. The van der Waals surface area contributed by atoms with Crippen molar-refractivity contribution in [2.24, 2.45) is 0 Å². The van der Waals surface area contributed by atoms with E-state index in [0.717, 1.165) is 22.4 Å². The van der Waals surface area contributed by atoms with Crippen LogP contribution < -0.4 is 10.1 Å². The van der Waals surface area contributed by atoms with Gasteiger partial charge in [-0.15, -0.1) is 0 Å². The topological polar surface area (TPSA) is 75.3 Å². The van der Waals surface area contributed by atoms with Gasteiger partial charge in [0.05, 0.1) is 42.1 Å². The van der Waals surface area contributed by atoms with Gasteiger partial charge in [-0.3, -0.25) is 13.6 Å². The van der Waals surface area contributed by atoms with Crippen LogP contribution in [0.2, 0.25) is 0 Å². The summed E-state index contributed by atoms with van der Waals surface area (Å²) in [6.45, 7) is 12.9. The van der Waals surface area contributed by atoms with E-state index >= 15 is 0 Å². The molecule has 0 radical (unpaired) electrons. The van der Waals surface area contributed by atoms with Crippen LogP contribution in [-0.4, -0.2) is 50.2 Å². The SMILES string of the molecule is CCOCC(CCc1ccc(OCCCc2cccc3ccccc23)c(C(F)(F)F)c1)(COP(=O)(OC(C)(C)C)OC(C)(C)C)NC. The molecule has 3 rings (SSSR count). The Morgan fingerprint density at radius 3 is 2.11 bits per heavy atom. The standard InChI is InChI=1S/C36H51F3NO6P/c1-9-42-25-35(40-8,26-44-47(41,45-33(2,3)4)46-34(5,6)7)22-21-27-19-20-32(31(24-27)36(37,38)39)43-23-13-17-29-16-12-15-28-14-10-11-18-30(28)29/h10-12,14-16,18-20,24,40H,9,13,17,21-23,25-26H2,1-8H3. The minimum atomic E-state index is -4.60. The molecule has 1 unspecified atom stereocenters. The van der Waals surface area contributed by atoms with Crippen LogP contribution in [0.15, 0.2) is 60.7 Å². The number of nitrogens with one attached hydrogen (secondary N) is 1. The van der Waals surface area contributed by atoms with Crippen molar-refractivity contribution in [3.63, 3.8) is 0 Å². The second-order valence-corrected chi connectivity index (χ2v) is 15.2. The Balaban J connectivity index is 1.73. The summed E-state index contributed by atoms with van der Waals surface area (Å²) in [6, 6.07) is 18.3. The molecule has 7 nitrogen and oxygen atoms in total. The lowest BCUT2D eigenvalue weighted by atomic mass is 9.92. The van der Waals surface area contributed by atoms with Crippen LogP contribution in [0.1, 0.15) is 78.0 Å². The first-order valence-corrected chi connectivity index (χ1v) is 17.6. The van der Waals surface area contributed by atoms with Crippen molar-refractivity contribution >= 4 is 18.6 Å². The van der Waals surface area contributed by atoms with Gasteiger partial charge in [-0.1, -0.05) is 48.5 Å². The van der Waals surface area contributed by atoms with Gasteiger partial charge in [0, 0.05) is 6.61 Å². The Morgan fingerprint density at radius 2 is 1.49 bits per heavy atom. The number of phosphoric ester groups is 1. The summed E-state index contributed by atoms with van der Waals surface area (Å²) in [5.74, 6) is -0.198. The first kappa shape index (κ1) is 39.0. The van der Waals surface area contributed by atoms with Crippen molar-refractivity contribution in [3.05, 3.63) is 77.4 Å². The highest BCUT2D eigenvalue weighted by molar-refractivity contribution is 7.48. The zero-order valence-corrected chi connectivity index (χ0v) is 29.9. The van der Waals surface area contributed by atoms with Gasteiger partial charge in [-0.2, -0.15) is 13.2 Å². The summed E-state index contributed by atoms with van der Waals surface area (Å²) in [6.07, 6.45) is -2.78. The maximum Gasteiger partial charge on any atom is 0.475 e. The monoisotopic (exact) mass is 681 g/mol. The Hall–Kier alpha value is -2.46. The first-order valence-electron chi connectivity index (χ1n) is 16.1. The fourth-order valence-corrected chi connectivity index (χ4v) is 7.01. The molecule has 3 aromatic carbocycles. The Morgan fingerprint density at radius 1 is 0.830 bits per heavy atom. The minimum Gasteiger partial charge on any atom is -0.493 e. The third-order valence-corrected chi connectivity index (χ3v) is 9.34. The van der Waals surface area contributed by atoms with E-state index in [-0.39, 0.29) is 32.0 Å². The van der Waals surface area contributed by atoms with Crippen molar-refractivity contribution < 1.29 is 40.8 Å². The molecule has 0 bridgehead atoms. The number of rotatable bonds is 17. The highest BCUT2D eigenvalue weighted by Crippen LogP contribution is 2.56. The number of likely N-dealkylation sites (N-methyl/N-ethyl adjacent to an activating group) is 1. The summed E-state index contributed by atoms with van der Waals surface area (Å²) in [4.78, 5) is 0. The number of fused-ring (bicyclic) bond motifs is 1. The number of benzene rings is 3. The van der Waals surface area contributed by atoms with Crippen LogP contribution in [0.3, 0.4) is 0 Å². The van der Waals surface area contributed by atoms with Crippen molar-refractivity contribution in [1.29, 1.82) is 0 Å². The largest absolute Gasteiger partial charge is 0.493 e. The molecule has 0 aliphatic heterocycles. The second-order valence-electron chi connectivity index (χ2n) is 13.7. The normalized spacial score (nSPS) is 14.4. The summed E-state index contributed by atoms with van der Waals surface area (Å²) in [5, 5.41) is 5.46. The number of hydrogen-bond acceptors (Lipinski definition) is 7. The van der Waals surface area contributed by atoms with Crippen molar-refractivity contribution in [2.45, 2.75) is 97.1 Å². The number of halogens is 3. The average Bonchev–Trinajstić information content (AvgIpc) is 2.97. The van der Waals surface area contributed by atoms with Gasteiger partial charge < -0.3 is 14.8 Å². The van der Waals surface area contributed by atoms with E-state index in [1.807, 2.05) is 49.4 Å². The molecule has 1 N–H and O–H groups in total. The van der Waals surface area contributed by atoms with Gasteiger partial charge in [0.25, 0.3) is 0 Å². The zero-order valence-electron chi connectivity index (χ0n) is 29.0. The third-order valence-electron chi connectivity index (χ3n) is 7.35. The summed E-state index contributed by atoms with van der Waals surface area (Å²) in [5.41, 5.74) is -1.76. The Labute approximate surface area is 278 Å². The predicted octanol–water partition coefficient (Wildman–Crippen LogP) is 9.55. The summed E-state index contributed by atoms with van der Waals surface area (Å²) < 4.78 is 85.2. The Bertz CT molecular complexity index is 1460. The zero-order chi connectivity index (χ0) is 34.9. The molecule has 0 aliphatic carbocycles. The van der Waals surface area contributed by atoms with Crippen molar-refractivity contribution in [2.75, 3.05) is 33.5 Å². The van der Waals surface area contributed by atoms with Crippen molar-refractivity contribution in [3.8, 4) is 5.75 Å². The molecular weight excluding hydrogens is 630 g/mol.